The van der Waals surface area contributed by atoms with E-state index in [4.69, 9.17) is 11.6 Å². The molecule has 0 spiro atoms. The van der Waals surface area contributed by atoms with Crippen molar-refractivity contribution < 1.29 is 0 Å². The van der Waals surface area contributed by atoms with Gasteiger partial charge in [-0.25, -0.2) is 0 Å². The van der Waals surface area contributed by atoms with Crippen LogP contribution < -0.4 is 0 Å². The summed E-state index contributed by atoms with van der Waals surface area (Å²) >= 11 is 6.18. The first-order valence-electron chi connectivity index (χ1n) is 9.37. The van der Waals surface area contributed by atoms with E-state index in [1.807, 2.05) is 24.3 Å². The first kappa shape index (κ1) is 20.5. The molecule has 0 bridgehead atoms. The minimum absolute atomic E-state index is 0.237. The molecule has 0 aromatic heterocycles. The molecule has 26 heavy (non-hydrogen) atoms. The maximum Gasteiger partial charge on any atom is 0.0846 e. The van der Waals surface area contributed by atoms with Gasteiger partial charge in [0, 0.05) is 11.6 Å². The number of hydrogen-bond donors (Lipinski definition) is 0. The number of nitriles is 1. The van der Waals surface area contributed by atoms with Gasteiger partial charge in [0.05, 0.1) is 11.5 Å². The van der Waals surface area contributed by atoms with Gasteiger partial charge < -0.3 is 4.90 Å². The van der Waals surface area contributed by atoms with Crippen molar-refractivity contribution in [3.63, 3.8) is 0 Å². The fourth-order valence-corrected chi connectivity index (χ4v) is 3.68. The normalized spacial score (nSPS) is 13.6. The molecule has 1 unspecified atom stereocenters. The third kappa shape index (κ3) is 5.34. The lowest BCUT2D eigenvalue weighted by Crippen LogP contribution is -2.32. The van der Waals surface area contributed by atoms with Crippen LogP contribution in [0, 0.1) is 17.2 Å². The largest absolute Gasteiger partial charge is 0.306 e. The van der Waals surface area contributed by atoms with Crippen molar-refractivity contribution in [2.24, 2.45) is 5.92 Å². The Morgan fingerprint density at radius 3 is 2.42 bits per heavy atom. The topological polar surface area (TPSA) is 27.0 Å². The molecular formula is C23H29ClN2. The summed E-state index contributed by atoms with van der Waals surface area (Å²) in [5, 5.41) is 10.7. The average molecular weight is 369 g/mol. The van der Waals surface area contributed by atoms with Gasteiger partial charge in [-0.2, -0.15) is 5.26 Å². The van der Waals surface area contributed by atoms with Crippen molar-refractivity contribution in [1.29, 1.82) is 5.26 Å². The third-order valence-corrected chi connectivity index (χ3v) is 5.50. The standard InChI is InChI=1S/C23H29ClN2/c1-19(2)23(18-25,21-11-7-12-22(24)17-21)14-8-15-26(3)16-13-20-9-5-4-6-10-20/h4-7,9-12,17,19H,8,13-16H2,1-3H3. The molecule has 0 aliphatic rings. The van der Waals surface area contributed by atoms with Gasteiger partial charge in [-0.3, -0.25) is 0 Å². The van der Waals surface area contributed by atoms with Crippen LogP contribution in [0.2, 0.25) is 5.02 Å². The summed E-state index contributed by atoms with van der Waals surface area (Å²) in [6.07, 6.45) is 2.89. The van der Waals surface area contributed by atoms with Gasteiger partial charge in [-0.05, 0) is 62.0 Å². The molecule has 0 radical (unpaired) electrons. The molecule has 2 aromatic rings. The van der Waals surface area contributed by atoms with Crippen molar-refractivity contribution >= 4 is 11.6 Å². The molecule has 0 aliphatic carbocycles. The van der Waals surface area contributed by atoms with Gasteiger partial charge in [0.2, 0.25) is 0 Å². The second-order valence-electron chi connectivity index (χ2n) is 7.39. The average Bonchev–Trinajstić information content (AvgIpc) is 2.64. The maximum absolute atomic E-state index is 10.0. The van der Waals surface area contributed by atoms with Gasteiger partial charge >= 0.3 is 0 Å². The monoisotopic (exact) mass is 368 g/mol. The van der Waals surface area contributed by atoms with E-state index >= 15 is 0 Å². The van der Waals surface area contributed by atoms with Gasteiger partial charge in [0.15, 0.2) is 0 Å². The van der Waals surface area contributed by atoms with Crippen LogP contribution in [0.25, 0.3) is 0 Å². The molecule has 0 saturated heterocycles. The number of hydrogen-bond acceptors (Lipinski definition) is 2. The van der Waals surface area contributed by atoms with Gasteiger partial charge in [0.25, 0.3) is 0 Å². The van der Waals surface area contributed by atoms with Gasteiger partial charge in [-0.15, -0.1) is 0 Å². The molecule has 138 valence electrons. The highest BCUT2D eigenvalue weighted by atomic mass is 35.5. The molecule has 0 amide bonds. The van der Waals surface area contributed by atoms with E-state index in [1.165, 1.54) is 5.56 Å². The highest BCUT2D eigenvalue weighted by Crippen LogP contribution is 2.37. The zero-order valence-electron chi connectivity index (χ0n) is 16.1. The fourth-order valence-electron chi connectivity index (χ4n) is 3.49. The van der Waals surface area contributed by atoms with Crippen LogP contribution in [0.3, 0.4) is 0 Å². The quantitative estimate of drug-likeness (QED) is 0.566. The number of likely N-dealkylation sites (N-methyl/N-ethyl adjacent to an activating group) is 1. The minimum Gasteiger partial charge on any atom is -0.306 e. The second-order valence-corrected chi connectivity index (χ2v) is 7.83. The van der Waals surface area contributed by atoms with Gasteiger partial charge in [0.1, 0.15) is 0 Å². The molecule has 3 heteroatoms. The zero-order chi connectivity index (χ0) is 19.0. The van der Waals surface area contributed by atoms with E-state index in [0.29, 0.717) is 5.02 Å². The van der Waals surface area contributed by atoms with Crippen molar-refractivity contribution in [3.8, 4) is 6.07 Å². The summed E-state index contributed by atoms with van der Waals surface area (Å²) < 4.78 is 0. The Kier molecular flexibility index (Phi) is 7.69. The van der Waals surface area contributed by atoms with E-state index in [0.717, 1.165) is 37.9 Å². The molecule has 0 saturated carbocycles. The summed E-state index contributed by atoms with van der Waals surface area (Å²) in [4.78, 5) is 2.35. The molecule has 0 fully saturated rings. The molecule has 0 N–H and O–H groups in total. The first-order valence-corrected chi connectivity index (χ1v) is 9.75. The Balaban J connectivity index is 1.94. The van der Waals surface area contributed by atoms with Crippen LogP contribution >= 0.6 is 11.6 Å². The molecule has 0 aliphatic heterocycles. The number of nitrogens with zero attached hydrogens (tertiary/aromatic N) is 2. The lowest BCUT2D eigenvalue weighted by molar-refractivity contribution is 0.294. The Bertz CT molecular complexity index is 720. The molecule has 2 rings (SSSR count). The van der Waals surface area contributed by atoms with Crippen LogP contribution in [0.15, 0.2) is 54.6 Å². The Morgan fingerprint density at radius 2 is 1.81 bits per heavy atom. The van der Waals surface area contributed by atoms with Crippen molar-refractivity contribution in [1.82, 2.24) is 4.90 Å². The Hall–Kier alpha value is -1.82. The molecule has 0 heterocycles. The van der Waals surface area contributed by atoms with E-state index in [9.17, 15) is 5.26 Å². The molecule has 2 aromatic carbocycles. The van der Waals surface area contributed by atoms with Crippen LogP contribution in [-0.4, -0.2) is 25.0 Å². The van der Waals surface area contributed by atoms with E-state index < -0.39 is 5.41 Å². The summed E-state index contributed by atoms with van der Waals surface area (Å²) in [7, 11) is 2.16. The predicted octanol–water partition coefficient (Wildman–Crippen LogP) is 5.71. The molecule has 1 atom stereocenters. The zero-order valence-corrected chi connectivity index (χ0v) is 16.8. The Labute approximate surface area is 163 Å². The number of benzene rings is 2. The second kappa shape index (κ2) is 9.76. The van der Waals surface area contributed by atoms with Crippen LogP contribution in [0.5, 0.6) is 0 Å². The van der Waals surface area contributed by atoms with E-state index in [2.05, 4.69) is 62.2 Å². The van der Waals surface area contributed by atoms with E-state index in [1.54, 1.807) is 0 Å². The lowest BCUT2D eigenvalue weighted by Gasteiger charge is -2.32. The van der Waals surface area contributed by atoms with Crippen molar-refractivity contribution in [2.75, 3.05) is 20.1 Å². The van der Waals surface area contributed by atoms with Crippen LogP contribution in [0.1, 0.15) is 37.8 Å². The number of rotatable bonds is 9. The van der Waals surface area contributed by atoms with E-state index in [-0.39, 0.29) is 5.92 Å². The summed E-state index contributed by atoms with van der Waals surface area (Å²) in [6, 6.07) is 21.0. The third-order valence-electron chi connectivity index (χ3n) is 5.26. The lowest BCUT2D eigenvalue weighted by atomic mass is 9.70. The predicted molar refractivity (Wildman–Crippen MR) is 110 cm³/mol. The maximum atomic E-state index is 10.0. The van der Waals surface area contributed by atoms with Crippen LogP contribution in [-0.2, 0) is 11.8 Å². The molecular weight excluding hydrogens is 340 g/mol. The highest BCUT2D eigenvalue weighted by Gasteiger charge is 2.35. The fraction of sp³-hybridized carbons (Fsp3) is 0.435. The molecule has 2 nitrogen and oxygen atoms in total. The van der Waals surface area contributed by atoms with Gasteiger partial charge in [-0.1, -0.05) is 67.9 Å². The summed E-state index contributed by atoms with van der Waals surface area (Å²) in [5.41, 5.74) is 1.92. The summed E-state index contributed by atoms with van der Waals surface area (Å²) in [5.74, 6) is 0.237. The van der Waals surface area contributed by atoms with Crippen LogP contribution in [0.4, 0.5) is 0 Å². The first-order chi connectivity index (χ1) is 12.5. The summed E-state index contributed by atoms with van der Waals surface area (Å²) in [6.45, 7) is 6.28. The minimum atomic E-state index is -0.481. The van der Waals surface area contributed by atoms with Crippen molar-refractivity contribution in [2.45, 2.75) is 38.5 Å². The Morgan fingerprint density at radius 1 is 1.08 bits per heavy atom. The van der Waals surface area contributed by atoms with Crippen molar-refractivity contribution in [3.05, 3.63) is 70.7 Å². The number of halogens is 1. The SMILES string of the molecule is CC(C)C(C#N)(CCCN(C)CCc1ccccc1)c1cccc(Cl)c1. The highest BCUT2D eigenvalue weighted by molar-refractivity contribution is 6.30. The smallest absolute Gasteiger partial charge is 0.0846 e.